The minimum absolute atomic E-state index is 0.129. The smallest absolute Gasteiger partial charge is 0.129 e. The number of hydrogen-bond acceptors (Lipinski definition) is 2. The first kappa shape index (κ1) is 9.78. The lowest BCUT2D eigenvalue weighted by Gasteiger charge is -2.09. The molecule has 12 heavy (non-hydrogen) atoms. The predicted octanol–water partition coefficient (Wildman–Crippen LogP) is 2.80. The second-order valence-electron chi connectivity index (χ2n) is 2.52. The molecule has 66 valence electrons. The summed E-state index contributed by atoms with van der Waals surface area (Å²) in [5.41, 5.74) is 6.43. The molecule has 2 nitrogen and oxygen atoms in total. The Morgan fingerprint density at radius 2 is 2.17 bits per heavy atom. The molecule has 1 unspecified atom stereocenters. The molecule has 2 N–H and O–H groups in total. The van der Waals surface area contributed by atoms with Gasteiger partial charge >= 0.3 is 0 Å². The second kappa shape index (κ2) is 4.08. The van der Waals surface area contributed by atoms with Crippen molar-refractivity contribution in [1.29, 1.82) is 0 Å². The van der Waals surface area contributed by atoms with Gasteiger partial charge in [0.25, 0.3) is 0 Å². The number of aromatic nitrogens is 1. The van der Waals surface area contributed by atoms with Gasteiger partial charge in [0.1, 0.15) is 5.15 Å². The van der Waals surface area contributed by atoms with E-state index >= 15 is 0 Å². The van der Waals surface area contributed by atoms with Gasteiger partial charge in [0, 0.05) is 6.04 Å². The summed E-state index contributed by atoms with van der Waals surface area (Å²) in [6.07, 6.45) is 0.799. The van der Waals surface area contributed by atoms with E-state index < -0.39 is 0 Å². The molecular weight excluding hydrogens is 195 g/mol. The summed E-state index contributed by atoms with van der Waals surface area (Å²) in [6.45, 7) is 1.98. The summed E-state index contributed by atoms with van der Waals surface area (Å²) in [5.74, 6) is 0. The first-order chi connectivity index (χ1) is 5.65. The van der Waals surface area contributed by atoms with Gasteiger partial charge in [-0.15, -0.1) is 0 Å². The zero-order valence-corrected chi connectivity index (χ0v) is 8.23. The fourth-order valence-electron chi connectivity index (χ4n) is 0.886. The van der Waals surface area contributed by atoms with Crippen molar-refractivity contribution >= 4 is 23.2 Å². The van der Waals surface area contributed by atoms with E-state index in [9.17, 15) is 0 Å². The molecule has 0 aliphatic heterocycles. The molecule has 1 rings (SSSR count). The van der Waals surface area contributed by atoms with Crippen LogP contribution in [0, 0.1) is 0 Å². The highest BCUT2D eigenvalue weighted by Gasteiger charge is 2.09. The quantitative estimate of drug-likeness (QED) is 0.754. The summed E-state index contributed by atoms with van der Waals surface area (Å²) < 4.78 is 0. The van der Waals surface area contributed by atoms with Gasteiger partial charge in [0.2, 0.25) is 0 Å². The van der Waals surface area contributed by atoms with Crippen LogP contribution in [0.3, 0.4) is 0 Å². The van der Waals surface area contributed by atoms with Crippen LogP contribution in [0.1, 0.15) is 25.1 Å². The van der Waals surface area contributed by atoms with Crippen molar-refractivity contribution in [3.8, 4) is 0 Å². The van der Waals surface area contributed by atoms with E-state index in [0.29, 0.717) is 15.9 Å². The first-order valence-corrected chi connectivity index (χ1v) is 4.48. The number of nitrogens with two attached hydrogens (primary N) is 1. The molecule has 0 spiro atoms. The van der Waals surface area contributed by atoms with Crippen LogP contribution in [0.4, 0.5) is 0 Å². The van der Waals surface area contributed by atoms with Crippen molar-refractivity contribution in [2.24, 2.45) is 5.73 Å². The Kier molecular flexibility index (Phi) is 3.32. The molecule has 1 aromatic heterocycles. The molecule has 1 aromatic rings. The predicted molar refractivity (Wildman–Crippen MR) is 51.5 cm³/mol. The molecule has 0 amide bonds. The average molecular weight is 205 g/mol. The van der Waals surface area contributed by atoms with Gasteiger partial charge in [0.15, 0.2) is 0 Å². The normalized spacial score (nSPS) is 13.0. The lowest BCUT2D eigenvalue weighted by atomic mass is 10.1. The van der Waals surface area contributed by atoms with Gasteiger partial charge < -0.3 is 5.73 Å². The Hall–Kier alpha value is -0.310. The molecule has 4 heteroatoms. The number of pyridine rings is 1. The lowest BCUT2D eigenvalue weighted by Crippen LogP contribution is -2.11. The molecule has 0 aromatic carbocycles. The van der Waals surface area contributed by atoms with Gasteiger partial charge in [-0.1, -0.05) is 30.1 Å². The first-order valence-electron chi connectivity index (χ1n) is 3.72. The standard InChI is InChI=1S/C8H10Cl2N2/c1-2-6(11)8-5(9)3-4-7(10)12-8/h3-4,6H,2,11H2,1H3. The van der Waals surface area contributed by atoms with E-state index in [1.807, 2.05) is 6.92 Å². The van der Waals surface area contributed by atoms with E-state index in [0.717, 1.165) is 6.42 Å². The third-order valence-electron chi connectivity index (χ3n) is 1.63. The highest BCUT2D eigenvalue weighted by atomic mass is 35.5. The van der Waals surface area contributed by atoms with Crippen molar-refractivity contribution in [1.82, 2.24) is 4.98 Å². The summed E-state index contributed by atoms with van der Waals surface area (Å²) in [6, 6.07) is 3.23. The van der Waals surface area contributed by atoms with E-state index in [-0.39, 0.29) is 6.04 Å². The third-order valence-corrected chi connectivity index (χ3v) is 2.16. The van der Waals surface area contributed by atoms with Crippen molar-refractivity contribution < 1.29 is 0 Å². The number of halogens is 2. The Balaban J connectivity index is 3.04. The molecule has 0 aliphatic rings. The molecule has 0 fully saturated rings. The summed E-state index contributed by atoms with van der Waals surface area (Å²) in [5, 5.41) is 1.01. The van der Waals surface area contributed by atoms with Crippen LogP contribution >= 0.6 is 23.2 Å². The van der Waals surface area contributed by atoms with Crippen LogP contribution in [0.2, 0.25) is 10.2 Å². The fraction of sp³-hybridized carbons (Fsp3) is 0.375. The van der Waals surface area contributed by atoms with E-state index in [1.165, 1.54) is 0 Å². The van der Waals surface area contributed by atoms with E-state index in [4.69, 9.17) is 28.9 Å². The molecule has 0 saturated carbocycles. The van der Waals surface area contributed by atoms with E-state index in [1.54, 1.807) is 12.1 Å². The van der Waals surface area contributed by atoms with Crippen LogP contribution in [0.25, 0.3) is 0 Å². The van der Waals surface area contributed by atoms with E-state index in [2.05, 4.69) is 4.98 Å². The zero-order valence-electron chi connectivity index (χ0n) is 6.72. The fourth-order valence-corrected chi connectivity index (χ4v) is 1.29. The summed E-state index contributed by atoms with van der Waals surface area (Å²) in [7, 11) is 0. The van der Waals surface area contributed by atoms with Gasteiger partial charge in [0.05, 0.1) is 10.7 Å². The Bertz CT molecular complexity index is 276. The lowest BCUT2D eigenvalue weighted by molar-refractivity contribution is 0.676. The van der Waals surface area contributed by atoms with Crippen molar-refractivity contribution in [2.75, 3.05) is 0 Å². The zero-order chi connectivity index (χ0) is 9.14. The Labute approximate surface area is 81.7 Å². The highest BCUT2D eigenvalue weighted by Crippen LogP contribution is 2.22. The van der Waals surface area contributed by atoms with Crippen LogP contribution in [-0.2, 0) is 0 Å². The Morgan fingerprint density at radius 1 is 1.50 bits per heavy atom. The maximum atomic E-state index is 5.87. The minimum Gasteiger partial charge on any atom is -0.323 e. The SMILES string of the molecule is CCC(N)c1nc(Cl)ccc1Cl. The third kappa shape index (κ3) is 2.09. The molecule has 0 aliphatic carbocycles. The minimum atomic E-state index is -0.129. The number of rotatable bonds is 2. The maximum absolute atomic E-state index is 5.87. The van der Waals surface area contributed by atoms with Crippen LogP contribution in [-0.4, -0.2) is 4.98 Å². The average Bonchev–Trinajstić information content (AvgIpc) is 2.08. The van der Waals surface area contributed by atoms with Crippen molar-refractivity contribution in [2.45, 2.75) is 19.4 Å². The number of hydrogen-bond donors (Lipinski definition) is 1. The van der Waals surface area contributed by atoms with Crippen LogP contribution < -0.4 is 5.73 Å². The number of nitrogens with zero attached hydrogens (tertiary/aromatic N) is 1. The summed E-state index contributed by atoms with van der Waals surface area (Å²) >= 11 is 11.6. The van der Waals surface area contributed by atoms with Gasteiger partial charge in [-0.25, -0.2) is 4.98 Å². The van der Waals surface area contributed by atoms with Gasteiger partial charge in [-0.2, -0.15) is 0 Å². The highest BCUT2D eigenvalue weighted by molar-refractivity contribution is 6.32. The van der Waals surface area contributed by atoms with Crippen molar-refractivity contribution in [3.63, 3.8) is 0 Å². The molecule has 0 radical (unpaired) electrons. The molecular formula is C8H10Cl2N2. The van der Waals surface area contributed by atoms with Crippen LogP contribution in [0.15, 0.2) is 12.1 Å². The maximum Gasteiger partial charge on any atom is 0.129 e. The second-order valence-corrected chi connectivity index (χ2v) is 3.31. The summed E-state index contributed by atoms with van der Waals surface area (Å²) in [4.78, 5) is 4.05. The molecule has 1 heterocycles. The largest absolute Gasteiger partial charge is 0.323 e. The van der Waals surface area contributed by atoms with Crippen molar-refractivity contribution in [3.05, 3.63) is 28.0 Å². The van der Waals surface area contributed by atoms with Gasteiger partial charge in [-0.05, 0) is 18.6 Å². The molecule has 0 saturated heterocycles. The van der Waals surface area contributed by atoms with Gasteiger partial charge in [-0.3, -0.25) is 0 Å². The monoisotopic (exact) mass is 204 g/mol. The molecule has 0 bridgehead atoms. The topological polar surface area (TPSA) is 38.9 Å². The van der Waals surface area contributed by atoms with Crippen LogP contribution in [0.5, 0.6) is 0 Å². The Morgan fingerprint density at radius 3 is 2.75 bits per heavy atom. The molecule has 1 atom stereocenters.